The number of benzene rings is 10. The third kappa shape index (κ3) is 8.44. The lowest BCUT2D eigenvalue weighted by atomic mass is 9.88. The number of rotatable bonds is 10. The Kier molecular flexibility index (Phi) is 11.3. The second kappa shape index (κ2) is 18.8. The van der Waals surface area contributed by atoms with Gasteiger partial charge in [-0.25, -0.2) is 4.98 Å². The minimum absolute atomic E-state index is 0.0540. The van der Waals surface area contributed by atoms with Crippen molar-refractivity contribution in [3.8, 4) is 84.3 Å². The third-order valence-electron chi connectivity index (χ3n) is 14.4. The maximum Gasteiger partial charge on any atom is 0.269 e. The average molecular weight is 965 g/mol. The summed E-state index contributed by atoms with van der Waals surface area (Å²) in [6.07, 6.45) is 5.83. The Morgan fingerprint density at radius 2 is 0.987 bits per heavy atom. The topological polar surface area (TPSA) is 35.9 Å². The fourth-order valence-electron chi connectivity index (χ4n) is 10.6. The number of aromatic nitrogens is 4. The van der Waals surface area contributed by atoms with Crippen LogP contribution in [0.15, 0.2) is 261 Å². The Morgan fingerprint density at radius 1 is 0.427 bits per heavy atom. The normalized spacial score (nSPS) is 11.7. The highest BCUT2D eigenvalue weighted by Gasteiger charge is 2.23. The second-order valence-corrected chi connectivity index (χ2v) is 20.2. The van der Waals surface area contributed by atoms with Crippen molar-refractivity contribution >= 4 is 32.8 Å². The van der Waals surface area contributed by atoms with Crippen LogP contribution in [-0.2, 0) is 5.41 Å². The summed E-state index contributed by atoms with van der Waals surface area (Å²) >= 11 is 0. The summed E-state index contributed by atoms with van der Waals surface area (Å²) in [5, 5.41) is 2.28. The van der Waals surface area contributed by atoms with Gasteiger partial charge in [0.2, 0.25) is 0 Å². The number of imidazole rings is 1. The lowest BCUT2D eigenvalue weighted by Crippen LogP contribution is -2.31. The van der Waals surface area contributed by atoms with Gasteiger partial charge in [0.05, 0.1) is 33.4 Å². The van der Waals surface area contributed by atoms with Crippen LogP contribution < -0.4 is 9.30 Å². The van der Waals surface area contributed by atoms with E-state index in [-0.39, 0.29) is 5.41 Å². The molecule has 75 heavy (non-hydrogen) atoms. The van der Waals surface area contributed by atoms with E-state index in [0.29, 0.717) is 11.5 Å². The summed E-state index contributed by atoms with van der Waals surface area (Å²) in [5.74, 6) is 2.28. The molecule has 358 valence electrons. The SMILES string of the molecule is CC(C)(C)c1ccnc(-n2c3ccccc3c3ccc(Oc4cc(-n5[c-][n+](-c6c(-c7ccccc7)cccc6-c6ccccc6)c6ccccc65)ccc4-c4cc(-c5ccccc5)cc(-c5ccccc5)c4)cc32)c1. The number of para-hydroxylation sites is 4. The zero-order chi connectivity index (χ0) is 50.5. The second-order valence-electron chi connectivity index (χ2n) is 20.2. The van der Waals surface area contributed by atoms with Crippen molar-refractivity contribution in [2.75, 3.05) is 0 Å². The maximum atomic E-state index is 7.38. The molecule has 0 atom stereocenters. The van der Waals surface area contributed by atoms with E-state index >= 15 is 0 Å². The van der Waals surface area contributed by atoms with Gasteiger partial charge in [-0.2, -0.15) is 0 Å². The fraction of sp³-hybridized carbons (Fsp3) is 0.0571. The molecule has 0 spiro atoms. The highest BCUT2D eigenvalue weighted by Crippen LogP contribution is 2.42. The molecule has 0 bridgehead atoms. The van der Waals surface area contributed by atoms with Crippen LogP contribution in [0.2, 0.25) is 0 Å². The molecule has 0 saturated heterocycles. The first kappa shape index (κ1) is 45.3. The van der Waals surface area contributed by atoms with Crippen LogP contribution in [0, 0.1) is 6.33 Å². The van der Waals surface area contributed by atoms with Gasteiger partial charge in [-0.15, -0.1) is 0 Å². The summed E-state index contributed by atoms with van der Waals surface area (Å²) in [6, 6.07) is 90.5. The molecule has 0 saturated carbocycles. The molecule has 10 aromatic carbocycles. The Labute approximate surface area is 437 Å². The molecule has 0 unspecified atom stereocenters. The van der Waals surface area contributed by atoms with E-state index in [1.165, 1.54) is 5.56 Å². The highest BCUT2D eigenvalue weighted by molar-refractivity contribution is 6.09. The first-order valence-electron chi connectivity index (χ1n) is 25.6. The van der Waals surface area contributed by atoms with E-state index in [9.17, 15) is 0 Å². The predicted molar refractivity (Wildman–Crippen MR) is 308 cm³/mol. The van der Waals surface area contributed by atoms with E-state index in [2.05, 4.69) is 296 Å². The molecule has 13 rings (SSSR count). The molecule has 0 N–H and O–H groups in total. The monoisotopic (exact) mass is 964 g/mol. The first-order chi connectivity index (χ1) is 36.8. The third-order valence-corrected chi connectivity index (χ3v) is 14.4. The molecule has 0 aliphatic rings. The molecule has 0 amide bonds. The van der Waals surface area contributed by atoms with Gasteiger partial charge >= 0.3 is 0 Å². The van der Waals surface area contributed by atoms with Crippen LogP contribution in [0.25, 0.3) is 106 Å². The number of hydrogen-bond acceptors (Lipinski definition) is 2. The van der Waals surface area contributed by atoms with E-state index < -0.39 is 0 Å². The van der Waals surface area contributed by atoms with Gasteiger partial charge in [0, 0.05) is 28.6 Å². The lowest BCUT2D eigenvalue weighted by Gasteiger charge is -2.20. The summed E-state index contributed by atoms with van der Waals surface area (Å²) in [5.41, 5.74) is 18.3. The van der Waals surface area contributed by atoms with E-state index in [0.717, 1.165) is 106 Å². The van der Waals surface area contributed by atoms with E-state index in [1.807, 2.05) is 6.20 Å². The van der Waals surface area contributed by atoms with E-state index in [1.54, 1.807) is 0 Å². The molecular weight excluding hydrogens is 913 g/mol. The number of fused-ring (bicyclic) bond motifs is 4. The minimum Gasteiger partial charge on any atom is -0.457 e. The molecular formula is C70H52N4O. The van der Waals surface area contributed by atoms with Crippen LogP contribution in [0.4, 0.5) is 0 Å². The Hall–Kier alpha value is -9.58. The zero-order valence-corrected chi connectivity index (χ0v) is 42.0. The molecule has 0 fully saturated rings. The van der Waals surface area contributed by atoms with Crippen LogP contribution in [0.5, 0.6) is 11.5 Å². The average Bonchev–Trinajstić information content (AvgIpc) is 4.02. The van der Waals surface area contributed by atoms with Crippen molar-refractivity contribution in [1.29, 1.82) is 0 Å². The highest BCUT2D eigenvalue weighted by atomic mass is 16.5. The van der Waals surface area contributed by atoms with Crippen molar-refractivity contribution in [2.45, 2.75) is 26.2 Å². The summed E-state index contributed by atoms with van der Waals surface area (Å²) in [6.45, 7) is 6.73. The molecule has 0 aliphatic heterocycles. The molecule has 13 aromatic rings. The quantitative estimate of drug-likeness (QED) is 0.101. The summed E-state index contributed by atoms with van der Waals surface area (Å²) in [4.78, 5) is 4.98. The zero-order valence-electron chi connectivity index (χ0n) is 42.0. The molecule has 3 heterocycles. The largest absolute Gasteiger partial charge is 0.457 e. The van der Waals surface area contributed by atoms with Crippen LogP contribution in [0.1, 0.15) is 26.3 Å². The fourth-order valence-corrected chi connectivity index (χ4v) is 10.6. The first-order valence-corrected chi connectivity index (χ1v) is 25.6. The van der Waals surface area contributed by atoms with Gasteiger partial charge < -0.3 is 4.74 Å². The van der Waals surface area contributed by atoms with Crippen molar-refractivity contribution in [1.82, 2.24) is 14.1 Å². The molecule has 0 radical (unpaired) electrons. The standard InChI is InChI=1S/C70H52N4O/c1-70(2,3)55-39-40-71-68(44-55)74-63-32-17-16-29-61(63)62-38-36-57(46-66(62)74)75-67-45-56(35-37-58(67)54-42-52(48-21-8-4-9-22-48)41-53(43-54)49-23-10-5-11-24-49)72-47-73(65-34-19-18-33-64(65)72)69-59(50-25-12-6-13-26-50)30-20-31-60(69)51-27-14-7-15-28-51/h4-46H,1-3H3. The van der Waals surface area contributed by atoms with Crippen molar-refractivity contribution in [2.24, 2.45) is 0 Å². The smallest absolute Gasteiger partial charge is 0.269 e. The Morgan fingerprint density at radius 3 is 1.63 bits per heavy atom. The summed E-state index contributed by atoms with van der Waals surface area (Å²) < 4.78 is 14.1. The number of hydrogen-bond donors (Lipinski definition) is 0. The van der Waals surface area contributed by atoms with Crippen molar-refractivity contribution in [3.63, 3.8) is 0 Å². The van der Waals surface area contributed by atoms with Gasteiger partial charge in [-0.3, -0.25) is 13.7 Å². The number of ether oxygens (including phenoxy) is 1. The Balaban J connectivity index is 1.03. The van der Waals surface area contributed by atoms with Crippen LogP contribution in [-0.4, -0.2) is 14.1 Å². The lowest BCUT2D eigenvalue weighted by molar-refractivity contribution is -0.571. The predicted octanol–water partition coefficient (Wildman–Crippen LogP) is 17.6. The van der Waals surface area contributed by atoms with Gasteiger partial charge in [0.25, 0.3) is 6.33 Å². The van der Waals surface area contributed by atoms with Gasteiger partial charge in [-0.05, 0) is 122 Å². The summed E-state index contributed by atoms with van der Waals surface area (Å²) in [7, 11) is 0. The molecule has 5 nitrogen and oxygen atoms in total. The number of nitrogens with zero attached hydrogens (tertiary/aromatic N) is 4. The van der Waals surface area contributed by atoms with Gasteiger partial charge in [0.1, 0.15) is 17.3 Å². The number of pyridine rings is 1. The molecule has 5 heteroatoms. The molecule has 3 aromatic heterocycles. The maximum absolute atomic E-state index is 7.38. The van der Waals surface area contributed by atoms with E-state index in [4.69, 9.17) is 9.72 Å². The van der Waals surface area contributed by atoms with Crippen LogP contribution >= 0.6 is 0 Å². The van der Waals surface area contributed by atoms with Crippen molar-refractivity contribution in [3.05, 3.63) is 273 Å². The van der Waals surface area contributed by atoms with Gasteiger partial charge in [0.15, 0.2) is 0 Å². The van der Waals surface area contributed by atoms with Crippen molar-refractivity contribution < 1.29 is 9.30 Å². The van der Waals surface area contributed by atoms with Crippen LogP contribution in [0.3, 0.4) is 0 Å². The minimum atomic E-state index is -0.0540. The molecule has 0 aliphatic carbocycles. The van der Waals surface area contributed by atoms with Gasteiger partial charge in [-0.1, -0.05) is 209 Å². The Bertz CT molecular complexity index is 4110.